The van der Waals surface area contributed by atoms with Crippen molar-refractivity contribution < 1.29 is 4.79 Å². The molecule has 1 spiro atoms. The third-order valence-electron chi connectivity index (χ3n) is 8.50. The number of Topliss-reactive ketones (excluding diaryl/α,β-unsaturated/α-hetero) is 1. The first-order valence-corrected chi connectivity index (χ1v) is 8.88. The van der Waals surface area contributed by atoms with Crippen LogP contribution in [0.3, 0.4) is 0 Å². The van der Waals surface area contributed by atoms with Crippen LogP contribution in [0.25, 0.3) is 0 Å². The smallest absolute Gasteiger partial charge is 0.143 e. The van der Waals surface area contributed by atoms with Gasteiger partial charge in [-0.1, -0.05) is 39.3 Å². The molecule has 0 saturated heterocycles. The van der Waals surface area contributed by atoms with E-state index < -0.39 is 0 Å². The first-order valence-electron chi connectivity index (χ1n) is 8.88. The summed E-state index contributed by atoms with van der Waals surface area (Å²) in [6.07, 6.45) is 9.36. The van der Waals surface area contributed by atoms with Crippen LogP contribution < -0.4 is 0 Å². The highest BCUT2D eigenvalue weighted by molar-refractivity contribution is 5.89. The first kappa shape index (κ1) is 14.0. The minimum absolute atomic E-state index is 0.0695. The van der Waals surface area contributed by atoms with Gasteiger partial charge in [-0.25, -0.2) is 0 Å². The molecule has 0 N–H and O–H groups in total. The van der Waals surface area contributed by atoms with E-state index >= 15 is 0 Å². The molecule has 0 bridgehead atoms. The minimum atomic E-state index is -0.0695. The van der Waals surface area contributed by atoms with Crippen molar-refractivity contribution in [3.63, 3.8) is 0 Å². The lowest BCUT2D eigenvalue weighted by molar-refractivity contribution is -0.133. The zero-order valence-corrected chi connectivity index (χ0v) is 14.4. The monoisotopic (exact) mass is 286 g/mol. The summed E-state index contributed by atoms with van der Waals surface area (Å²) in [6, 6.07) is 0. The van der Waals surface area contributed by atoms with E-state index in [4.69, 9.17) is 0 Å². The maximum absolute atomic E-state index is 12.8. The van der Waals surface area contributed by atoms with Crippen LogP contribution in [0.2, 0.25) is 0 Å². The standard InChI is InChI=1S/C20H30O/c1-13-6-7-15(21)19(5)9-8-14-16-17(2,3)10-11-18(16,4)12-20(13,14)19/h6,14,16H,7-12H2,1-5H3/t14-,16+,18+,19-,20-/m0/s1. The Labute approximate surface area is 129 Å². The SMILES string of the molecule is CC1=CCC(=O)[C@]2(C)CC[C@H]3[C@@H]4C(C)(C)CC[C@]4(C)C[C@]132. The molecule has 116 valence electrons. The molecule has 0 aromatic rings. The second kappa shape index (κ2) is 3.66. The molecule has 3 saturated carbocycles. The summed E-state index contributed by atoms with van der Waals surface area (Å²) in [6.45, 7) is 12.2. The van der Waals surface area contributed by atoms with Gasteiger partial charge in [0.2, 0.25) is 0 Å². The van der Waals surface area contributed by atoms with Gasteiger partial charge in [-0.15, -0.1) is 0 Å². The second-order valence-corrected chi connectivity index (χ2v) is 9.76. The number of hydrogen-bond acceptors (Lipinski definition) is 1. The third kappa shape index (κ3) is 1.33. The predicted molar refractivity (Wildman–Crippen MR) is 85.9 cm³/mol. The van der Waals surface area contributed by atoms with Crippen LogP contribution in [0, 0.1) is 33.5 Å². The highest BCUT2D eigenvalue weighted by Gasteiger charge is 2.74. The number of carbonyl (C=O) groups excluding carboxylic acids is 1. The zero-order chi connectivity index (χ0) is 15.3. The molecule has 4 aliphatic carbocycles. The highest BCUT2D eigenvalue weighted by atomic mass is 16.1. The molecule has 0 aliphatic heterocycles. The van der Waals surface area contributed by atoms with Crippen molar-refractivity contribution in [3.8, 4) is 0 Å². The minimum Gasteiger partial charge on any atom is -0.299 e. The fourth-order valence-electron chi connectivity index (χ4n) is 7.74. The van der Waals surface area contributed by atoms with Crippen LogP contribution in [0.5, 0.6) is 0 Å². The van der Waals surface area contributed by atoms with Gasteiger partial charge in [0.15, 0.2) is 0 Å². The maximum atomic E-state index is 12.8. The Morgan fingerprint density at radius 1 is 1.10 bits per heavy atom. The van der Waals surface area contributed by atoms with Gasteiger partial charge in [0.25, 0.3) is 0 Å². The molecule has 0 aromatic heterocycles. The summed E-state index contributed by atoms with van der Waals surface area (Å²) in [4.78, 5) is 12.8. The van der Waals surface area contributed by atoms with E-state index in [1.54, 1.807) is 5.57 Å². The molecule has 4 aliphatic rings. The maximum Gasteiger partial charge on any atom is 0.143 e. The first-order chi connectivity index (χ1) is 9.67. The highest BCUT2D eigenvalue weighted by Crippen LogP contribution is 2.79. The zero-order valence-electron chi connectivity index (χ0n) is 14.4. The number of rotatable bonds is 0. The largest absolute Gasteiger partial charge is 0.299 e. The van der Waals surface area contributed by atoms with Crippen LogP contribution in [-0.4, -0.2) is 5.78 Å². The Balaban J connectivity index is 1.92. The van der Waals surface area contributed by atoms with E-state index in [1.807, 2.05) is 0 Å². The van der Waals surface area contributed by atoms with Gasteiger partial charge in [0, 0.05) is 17.3 Å². The average Bonchev–Trinajstić information content (AvgIpc) is 2.92. The van der Waals surface area contributed by atoms with Crippen molar-refractivity contribution in [2.75, 3.05) is 0 Å². The van der Waals surface area contributed by atoms with E-state index in [2.05, 4.69) is 40.7 Å². The molecule has 1 heteroatoms. The molecule has 0 unspecified atom stereocenters. The molecule has 0 amide bonds. The van der Waals surface area contributed by atoms with Crippen molar-refractivity contribution >= 4 is 5.78 Å². The summed E-state index contributed by atoms with van der Waals surface area (Å²) in [5, 5.41) is 0. The number of ketones is 1. The van der Waals surface area contributed by atoms with E-state index in [-0.39, 0.29) is 10.8 Å². The molecule has 3 fully saturated rings. The van der Waals surface area contributed by atoms with Crippen LogP contribution in [0.1, 0.15) is 73.1 Å². The van der Waals surface area contributed by atoms with Gasteiger partial charge in [-0.05, 0) is 61.7 Å². The summed E-state index contributed by atoms with van der Waals surface area (Å²) in [5.74, 6) is 2.07. The summed E-state index contributed by atoms with van der Waals surface area (Å²) in [5.41, 5.74) is 2.59. The molecule has 1 nitrogen and oxygen atoms in total. The van der Waals surface area contributed by atoms with E-state index in [1.165, 1.54) is 25.7 Å². The molecule has 0 heterocycles. The lowest BCUT2D eigenvalue weighted by Gasteiger charge is -2.48. The summed E-state index contributed by atoms with van der Waals surface area (Å²) >= 11 is 0. The summed E-state index contributed by atoms with van der Waals surface area (Å²) < 4.78 is 0. The normalized spacial score (nSPS) is 54.1. The van der Waals surface area contributed by atoms with Crippen LogP contribution >= 0.6 is 0 Å². The average molecular weight is 286 g/mol. The number of hydrogen-bond donors (Lipinski definition) is 0. The third-order valence-corrected chi connectivity index (χ3v) is 8.50. The number of fused-ring (bicyclic) bond motifs is 2. The molecule has 0 aromatic carbocycles. The lowest BCUT2D eigenvalue weighted by Crippen LogP contribution is -2.47. The van der Waals surface area contributed by atoms with Gasteiger partial charge < -0.3 is 0 Å². The van der Waals surface area contributed by atoms with Gasteiger partial charge >= 0.3 is 0 Å². The Bertz CT molecular complexity index is 556. The van der Waals surface area contributed by atoms with Gasteiger partial charge in [-0.2, -0.15) is 0 Å². The Hall–Kier alpha value is -0.590. The van der Waals surface area contributed by atoms with E-state index in [0.717, 1.165) is 18.3 Å². The molecule has 0 radical (unpaired) electrons. The van der Waals surface area contributed by atoms with Gasteiger partial charge in [0.1, 0.15) is 5.78 Å². The lowest BCUT2D eigenvalue weighted by atomic mass is 9.54. The van der Waals surface area contributed by atoms with E-state index in [9.17, 15) is 4.79 Å². The topological polar surface area (TPSA) is 17.1 Å². The quantitative estimate of drug-likeness (QED) is 0.562. The Kier molecular flexibility index (Phi) is 2.44. The molecule has 21 heavy (non-hydrogen) atoms. The van der Waals surface area contributed by atoms with Crippen LogP contribution in [0.4, 0.5) is 0 Å². The van der Waals surface area contributed by atoms with Crippen molar-refractivity contribution in [2.45, 2.75) is 73.1 Å². The van der Waals surface area contributed by atoms with Crippen LogP contribution in [0.15, 0.2) is 11.6 Å². The van der Waals surface area contributed by atoms with Gasteiger partial charge in [-0.3, -0.25) is 4.79 Å². The fraction of sp³-hybridized carbons (Fsp3) is 0.850. The van der Waals surface area contributed by atoms with Crippen molar-refractivity contribution in [1.82, 2.24) is 0 Å². The number of carbonyl (C=O) groups is 1. The molecular formula is C20H30O. The van der Waals surface area contributed by atoms with Crippen LogP contribution in [-0.2, 0) is 4.79 Å². The number of allylic oxidation sites excluding steroid dienone is 2. The fourth-order valence-corrected chi connectivity index (χ4v) is 7.74. The van der Waals surface area contributed by atoms with E-state index in [0.29, 0.717) is 23.0 Å². The summed E-state index contributed by atoms with van der Waals surface area (Å²) in [7, 11) is 0. The Morgan fingerprint density at radius 2 is 1.81 bits per heavy atom. The molecular weight excluding hydrogens is 256 g/mol. The second-order valence-electron chi connectivity index (χ2n) is 9.76. The Morgan fingerprint density at radius 3 is 2.52 bits per heavy atom. The van der Waals surface area contributed by atoms with Crippen molar-refractivity contribution in [1.29, 1.82) is 0 Å². The molecule has 4 rings (SSSR count). The predicted octanol–water partition coefficient (Wildman–Crippen LogP) is 5.15. The van der Waals surface area contributed by atoms with Gasteiger partial charge in [0.05, 0.1) is 0 Å². The van der Waals surface area contributed by atoms with Crippen molar-refractivity contribution in [2.24, 2.45) is 33.5 Å². The molecule has 5 atom stereocenters. The van der Waals surface area contributed by atoms with Crippen molar-refractivity contribution in [3.05, 3.63) is 11.6 Å².